The van der Waals surface area contributed by atoms with Crippen LogP contribution in [0.25, 0.3) is 0 Å². The number of esters is 2. The van der Waals surface area contributed by atoms with Gasteiger partial charge in [0.1, 0.15) is 10.8 Å². The summed E-state index contributed by atoms with van der Waals surface area (Å²) >= 11 is 1.45. The van der Waals surface area contributed by atoms with Crippen LogP contribution in [-0.2, 0) is 19.8 Å². The number of rotatable bonds is 7. The van der Waals surface area contributed by atoms with Gasteiger partial charge in [0.2, 0.25) is 0 Å². The number of hydrogen-bond donors (Lipinski definition) is 0. The molecule has 38 heavy (non-hydrogen) atoms. The summed E-state index contributed by atoms with van der Waals surface area (Å²) in [5.41, 5.74) is 3.64. The van der Waals surface area contributed by atoms with E-state index in [0.717, 1.165) is 32.9 Å². The van der Waals surface area contributed by atoms with Gasteiger partial charge in [0.05, 0.1) is 25.0 Å². The van der Waals surface area contributed by atoms with Crippen LogP contribution in [0, 0.1) is 0 Å². The zero-order valence-corrected chi connectivity index (χ0v) is 22.0. The van der Waals surface area contributed by atoms with E-state index in [-0.39, 0.29) is 5.97 Å². The minimum absolute atomic E-state index is 0.292. The lowest BCUT2D eigenvalue weighted by atomic mass is 9.79. The van der Waals surface area contributed by atoms with Crippen LogP contribution >= 0.6 is 11.8 Å². The molecule has 0 bridgehead atoms. The van der Waals surface area contributed by atoms with Crippen molar-refractivity contribution < 1.29 is 19.1 Å². The fourth-order valence-corrected chi connectivity index (χ4v) is 6.23. The highest BCUT2D eigenvalue weighted by Crippen LogP contribution is 2.54. The Balaban J connectivity index is 1.82. The van der Waals surface area contributed by atoms with Gasteiger partial charge < -0.3 is 9.47 Å². The third-order valence-electron chi connectivity index (χ3n) is 6.56. The summed E-state index contributed by atoms with van der Waals surface area (Å²) in [5.74, 6) is -0.763. The molecule has 0 aromatic heterocycles. The third-order valence-corrected chi connectivity index (χ3v) is 7.94. The van der Waals surface area contributed by atoms with Gasteiger partial charge in [-0.3, -0.25) is 9.79 Å². The Bertz CT molecular complexity index is 1430. The van der Waals surface area contributed by atoms with E-state index in [1.54, 1.807) is 19.1 Å². The molecule has 1 aliphatic heterocycles. The van der Waals surface area contributed by atoms with Gasteiger partial charge in [-0.15, -0.1) is 11.8 Å². The van der Waals surface area contributed by atoms with Crippen LogP contribution in [0.15, 0.2) is 119 Å². The number of hydrogen-bond acceptors (Lipinski definition) is 6. The Labute approximate surface area is 226 Å². The lowest BCUT2D eigenvalue weighted by Gasteiger charge is -2.32. The standard InChI is InChI=1S/C32H27NO4S/c1-3-37-30(34)24-18-20-25(21-19-24)32(26-16-10-11-17-27(26)38-29(32)31(35)36-2)33-28(22-12-6-4-7-13-22)23-14-8-5-9-15-23/h4-21,29H,3H2,1-2H3/t29-,32+/m0/s1. The molecule has 4 aromatic rings. The van der Waals surface area contributed by atoms with E-state index < -0.39 is 16.8 Å². The van der Waals surface area contributed by atoms with E-state index in [1.165, 1.54) is 18.9 Å². The van der Waals surface area contributed by atoms with Gasteiger partial charge in [-0.1, -0.05) is 91.0 Å². The zero-order chi connectivity index (χ0) is 26.5. The first-order chi connectivity index (χ1) is 18.6. The molecule has 0 unspecified atom stereocenters. The largest absolute Gasteiger partial charge is 0.468 e. The van der Waals surface area contributed by atoms with E-state index in [4.69, 9.17) is 14.5 Å². The maximum absolute atomic E-state index is 13.4. The zero-order valence-electron chi connectivity index (χ0n) is 21.2. The first-order valence-electron chi connectivity index (χ1n) is 12.4. The van der Waals surface area contributed by atoms with E-state index >= 15 is 0 Å². The Morgan fingerprint density at radius 2 is 1.37 bits per heavy atom. The summed E-state index contributed by atoms with van der Waals surface area (Å²) in [6.07, 6.45) is 0. The monoisotopic (exact) mass is 521 g/mol. The van der Waals surface area contributed by atoms with E-state index in [1.807, 2.05) is 97.1 Å². The van der Waals surface area contributed by atoms with Crippen LogP contribution in [0.2, 0.25) is 0 Å². The van der Waals surface area contributed by atoms with Gasteiger partial charge in [0.25, 0.3) is 0 Å². The van der Waals surface area contributed by atoms with Gasteiger partial charge >= 0.3 is 11.9 Å². The number of fused-ring (bicyclic) bond motifs is 1. The number of nitrogens with zero attached hydrogens (tertiary/aromatic N) is 1. The highest BCUT2D eigenvalue weighted by molar-refractivity contribution is 8.01. The lowest BCUT2D eigenvalue weighted by Crippen LogP contribution is -2.40. The molecule has 1 heterocycles. The smallest absolute Gasteiger partial charge is 0.338 e. The first kappa shape index (κ1) is 25.5. The van der Waals surface area contributed by atoms with Crippen LogP contribution in [-0.4, -0.2) is 36.6 Å². The van der Waals surface area contributed by atoms with Crippen LogP contribution in [0.1, 0.15) is 39.5 Å². The van der Waals surface area contributed by atoms with Crippen molar-refractivity contribution in [2.75, 3.05) is 13.7 Å². The highest BCUT2D eigenvalue weighted by atomic mass is 32.2. The normalized spacial score (nSPS) is 17.8. The predicted molar refractivity (Wildman–Crippen MR) is 150 cm³/mol. The van der Waals surface area contributed by atoms with E-state index in [9.17, 15) is 9.59 Å². The Morgan fingerprint density at radius 1 is 0.789 bits per heavy atom. The van der Waals surface area contributed by atoms with Gasteiger partial charge in [-0.25, -0.2) is 4.79 Å². The van der Waals surface area contributed by atoms with E-state index in [2.05, 4.69) is 0 Å². The van der Waals surface area contributed by atoms with Crippen molar-refractivity contribution in [2.24, 2.45) is 4.99 Å². The molecule has 2 atom stereocenters. The fraction of sp³-hybridized carbons (Fsp3) is 0.156. The van der Waals surface area contributed by atoms with Crippen molar-refractivity contribution >= 4 is 29.4 Å². The molecule has 0 amide bonds. The molecule has 4 aromatic carbocycles. The third kappa shape index (κ3) is 4.63. The SMILES string of the molecule is CCOC(=O)c1ccc([C@@]2(N=C(c3ccccc3)c3ccccc3)c3ccccc3S[C@H]2C(=O)OC)cc1. The maximum Gasteiger partial charge on any atom is 0.338 e. The number of carbonyl (C=O) groups excluding carboxylic acids is 2. The molecule has 0 saturated heterocycles. The van der Waals surface area contributed by atoms with Crippen molar-refractivity contribution in [2.45, 2.75) is 22.6 Å². The number of thioether (sulfide) groups is 1. The molecule has 0 fully saturated rings. The predicted octanol–water partition coefficient (Wildman–Crippen LogP) is 6.29. The molecule has 5 rings (SSSR count). The molecule has 6 heteroatoms. The molecule has 0 saturated carbocycles. The van der Waals surface area contributed by atoms with Crippen molar-refractivity contribution in [3.05, 3.63) is 137 Å². The van der Waals surface area contributed by atoms with Gasteiger partial charge in [0.15, 0.2) is 0 Å². The molecule has 0 aliphatic carbocycles. The molecule has 0 spiro atoms. The van der Waals surface area contributed by atoms with Crippen molar-refractivity contribution in [3.63, 3.8) is 0 Å². The number of carbonyl (C=O) groups is 2. The minimum Gasteiger partial charge on any atom is -0.468 e. The molecular weight excluding hydrogens is 494 g/mol. The van der Waals surface area contributed by atoms with E-state index in [0.29, 0.717) is 12.2 Å². The molecule has 5 nitrogen and oxygen atoms in total. The summed E-state index contributed by atoms with van der Waals surface area (Å²) in [5, 5.41) is -0.680. The minimum atomic E-state index is -1.11. The summed E-state index contributed by atoms with van der Waals surface area (Å²) in [4.78, 5) is 32.3. The van der Waals surface area contributed by atoms with Crippen molar-refractivity contribution in [1.29, 1.82) is 0 Å². The second-order valence-electron chi connectivity index (χ2n) is 8.77. The van der Waals surface area contributed by atoms with Crippen LogP contribution in [0.3, 0.4) is 0 Å². The molecule has 0 N–H and O–H groups in total. The van der Waals surface area contributed by atoms with Gasteiger partial charge in [-0.05, 0) is 36.2 Å². The number of aliphatic imine (C=N–C) groups is 1. The number of ether oxygens (including phenoxy) is 2. The summed E-state index contributed by atoms with van der Waals surface area (Å²) < 4.78 is 10.5. The Morgan fingerprint density at radius 3 is 1.95 bits per heavy atom. The van der Waals surface area contributed by atoms with Gasteiger partial charge in [-0.2, -0.15) is 0 Å². The highest BCUT2D eigenvalue weighted by Gasteiger charge is 2.53. The average Bonchev–Trinajstić information content (AvgIpc) is 3.31. The average molecular weight is 522 g/mol. The quantitative estimate of drug-likeness (QED) is 0.211. The first-order valence-corrected chi connectivity index (χ1v) is 13.3. The summed E-state index contributed by atoms with van der Waals surface area (Å²) in [6, 6.07) is 35.0. The molecule has 0 radical (unpaired) electrons. The van der Waals surface area contributed by atoms with Crippen LogP contribution in [0.4, 0.5) is 0 Å². The molecule has 1 aliphatic rings. The number of methoxy groups -OCH3 is 1. The lowest BCUT2D eigenvalue weighted by molar-refractivity contribution is -0.140. The van der Waals surface area contributed by atoms with Crippen LogP contribution in [0.5, 0.6) is 0 Å². The van der Waals surface area contributed by atoms with Gasteiger partial charge in [0, 0.05) is 16.0 Å². The van der Waals surface area contributed by atoms with Crippen LogP contribution < -0.4 is 0 Å². The second-order valence-corrected chi connectivity index (χ2v) is 9.92. The Hall–Kier alpha value is -4.16. The van der Waals surface area contributed by atoms with Crippen molar-refractivity contribution in [3.8, 4) is 0 Å². The maximum atomic E-state index is 13.4. The van der Waals surface area contributed by atoms with Crippen molar-refractivity contribution in [1.82, 2.24) is 0 Å². The number of benzene rings is 4. The Kier molecular flexibility index (Phi) is 7.43. The summed E-state index contributed by atoms with van der Waals surface area (Å²) in [6.45, 7) is 2.07. The fourth-order valence-electron chi connectivity index (χ4n) is 4.79. The molecule has 190 valence electrons. The topological polar surface area (TPSA) is 65.0 Å². The second kappa shape index (κ2) is 11.1. The molecular formula is C32H27NO4S. The summed E-state index contributed by atoms with van der Waals surface area (Å²) in [7, 11) is 1.40.